The Kier molecular flexibility index (Phi) is 4.35. The number of ether oxygens (including phenoxy) is 1. The molecule has 1 aliphatic rings. The van der Waals surface area contributed by atoms with Gasteiger partial charge < -0.3 is 15.4 Å². The number of aryl methyl sites for hydroxylation is 1. The second-order valence-corrected chi connectivity index (χ2v) is 5.58. The van der Waals surface area contributed by atoms with Crippen molar-refractivity contribution in [3.05, 3.63) is 29.2 Å². The van der Waals surface area contributed by atoms with Gasteiger partial charge in [0.1, 0.15) is 6.61 Å². The van der Waals surface area contributed by atoms with Crippen LogP contribution in [0.5, 0.6) is 0 Å². The summed E-state index contributed by atoms with van der Waals surface area (Å²) in [6, 6.07) is 2.21. The molecular formula is C15H21N5O2. The number of hydrogen-bond donors (Lipinski definition) is 2. The van der Waals surface area contributed by atoms with E-state index >= 15 is 0 Å². The third-order valence-corrected chi connectivity index (χ3v) is 3.86. The van der Waals surface area contributed by atoms with Crippen LogP contribution < -0.4 is 10.6 Å². The Bertz CT molecular complexity index is 676. The summed E-state index contributed by atoms with van der Waals surface area (Å²) in [5.74, 6) is -0.135. The van der Waals surface area contributed by atoms with Crippen molar-refractivity contribution in [2.45, 2.75) is 32.4 Å². The zero-order valence-electron chi connectivity index (χ0n) is 12.9. The van der Waals surface area contributed by atoms with Crippen LogP contribution in [-0.2, 0) is 16.1 Å². The summed E-state index contributed by atoms with van der Waals surface area (Å²) in [4.78, 5) is 16.1. The number of amides is 1. The van der Waals surface area contributed by atoms with E-state index in [0.29, 0.717) is 6.54 Å². The number of fused-ring (bicyclic) bond motifs is 1. The highest BCUT2D eigenvalue weighted by Crippen LogP contribution is 2.26. The Balaban J connectivity index is 1.93. The molecule has 0 radical (unpaired) electrons. The number of nitrogens with zero attached hydrogens (tertiary/aromatic N) is 3. The fourth-order valence-electron chi connectivity index (χ4n) is 2.90. The van der Waals surface area contributed by atoms with E-state index in [1.165, 1.54) is 7.11 Å². The average Bonchev–Trinajstić information content (AvgIpc) is 3.13. The number of methoxy groups -OCH3 is 1. The number of carbonyl (C=O) groups is 1. The van der Waals surface area contributed by atoms with E-state index in [0.717, 1.165) is 42.0 Å². The van der Waals surface area contributed by atoms with Gasteiger partial charge in [-0.1, -0.05) is 0 Å². The molecule has 1 fully saturated rings. The molecule has 1 saturated heterocycles. The molecular weight excluding hydrogens is 282 g/mol. The molecule has 2 aromatic heterocycles. The third kappa shape index (κ3) is 2.95. The molecule has 0 aromatic carbocycles. The number of rotatable bonds is 5. The zero-order chi connectivity index (χ0) is 15.5. The van der Waals surface area contributed by atoms with E-state index in [1.54, 1.807) is 0 Å². The number of nitrogens with one attached hydrogen (secondary N) is 2. The highest BCUT2D eigenvalue weighted by molar-refractivity contribution is 5.77. The normalized spacial score (nSPS) is 18.0. The first-order valence-corrected chi connectivity index (χ1v) is 7.52. The smallest absolute Gasteiger partial charge is 0.246 e. The maximum absolute atomic E-state index is 11.6. The second-order valence-electron chi connectivity index (χ2n) is 5.58. The maximum atomic E-state index is 11.6. The molecule has 0 unspecified atom stereocenters. The Labute approximate surface area is 129 Å². The Morgan fingerprint density at radius 3 is 3.18 bits per heavy atom. The molecule has 7 heteroatoms. The molecule has 1 amide bonds. The highest BCUT2D eigenvalue weighted by atomic mass is 16.5. The first-order valence-electron chi connectivity index (χ1n) is 7.52. The molecule has 1 atom stereocenters. The van der Waals surface area contributed by atoms with Gasteiger partial charge in [-0.2, -0.15) is 5.10 Å². The van der Waals surface area contributed by atoms with Crippen molar-refractivity contribution in [3.63, 3.8) is 0 Å². The maximum Gasteiger partial charge on any atom is 0.246 e. The molecule has 118 valence electrons. The number of hydrogen-bond acceptors (Lipinski definition) is 5. The summed E-state index contributed by atoms with van der Waals surface area (Å²) in [5.41, 5.74) is 3.85. The van der Waals surface area contributed by atoms with Crippen LogP contribution in [-0.4, -0.2) is 40.8 Å². The molecule has 0 saturated carbocycles. The van der Waals surface area contributed by atoms with Crippen molar-refractivity contribution in [2.24, 2.45) is 0 Å². The molecule has 0 aliphatic carbocycles. The van der Waals surface area contributed by atoms with Crippen LogP contribution >= 0.6 is 0 Å². The Morgan fingerprint density at radius 2 is 2.45 bits per heavy atom. The van der Waals surface area contributed by atoms with Crippen molar-refractivity contribution in [3.8, 4) is 0 Å². The van der Waals surface area contributed by atoms with Crippen LogP contribution in [0.15, 0.2) is 12.3 Å². The van der Waals surface area contributed by atoms with Gasteiger partial charge in [0, 0.05) is 31.5 Å². The van der Waals surface area contributed by atoms with E-state index in [1.807, 2.05) is 23.7 Å². The lowest BCUT2D eigenvalue weighted by Gasteiger charge is -2.17. The van der Waals surface area contributed by atoms with E-state index < -0.39 is 0 Å². The van der Waals surface area contributed by atoms with E-state index in [2.05, 4.69) is 20.7 Å². The fraction of sp³-hybridized carbons (Fsp3) is 0.533. The summed E-state index contributed by atoms with van der Waals surface area (Å²) in [6.07, 6.45) is 4.04. The number of carbonyl (C=O) groups excluding carboxylic acids is 1. The fourth-order valence-corrected chi connectivity index (χ4v) is 2.90. The van der Waals surface area contributed by atoms with Crippen LogP contribution in [0.2, 0.25) is 0 Å². The standard InChI is InChI=1S/C15H21N5O2/c1-10-6-13-17-7-11(8-18-14(21)9-22-2)15(20(13)19-10)12-4-3-5-16-12/h6-7,12,16H,3-5,8-9H2,1-2H3,(H,18,21)/t12-/m0/s1. The van der Waals surface area contributed by atoms with E-state index in [9.17, 15) is 4.79 Å². The highest BCUT2D eigenvalue weighted by Gasteiger charge is 2.23. The molecule has 0 spiro atoms. The van der Waals surface area contributed by atoms with Crippen molar-refractivity contribution in [1.29, 1.82) is 0 Å². The number of aromatic nitrogens is 3. The molecule has 7 nitrogen and oxygen atoms in total. The largest absolute Gasteiger partial charge is 0.375 e. The first-order chi connectivity index (χ1) is 10.7. The molecule has 1 aliphatic heterocycles. The topological polar surface area (TPSA) is 80.5 Å². The van der Waals surface area contributed by atoms with Crippen molar-refractivity contribution < 1.29 is 9.53 Å². The first kappa shape index (κ1) is 14.9. The van der Waals surface area contributed by atoms with Gasteiger partial charge in [-0.3, -0.25) is 4.79 Å². The summed E-state index contributed by atoms with van der Waals surface area (Å²) < 4.78 is 6.74. The minimum Gasteiger partial charge on any atom is -0.375 e. The van der Waals surface area contributed by atoms with Crippen molar-refractivity contribution in [2.75, 3.05) is 20.3 Å². The summed E-state index contributed by atoms with van der Waals surface area (Å²) in [7, 11) is 1.51. The van der Waals surface area contributed by atoms with Gasteiger partial charge >= 0.3 is 0 Å². The van der Waals surface area contributed by atoms with Gasteiger partial charge in [0.25, 0.3) is 0 Å². The van der Waals surface area contributed by atoms with Crippen LogP contribution in [0.3, 0.4) is 0 Å². The quantitative estimate of drug-likeness (QED) is 0.851. The Morgan fingerprint density at radius 1 is 1.59 bits per heavy atom. The molecule has 2 N–H and O–H groups in total. The van der Waals surface area contributed by atoms with Crippen LogP contribution in [0.1, 0.15) is 35.8 Å². The van der Waals surface area contributed by atoms with Gasteiger partial charge in [-0.25, -0.2) is 9.50 Å². The predicted octanol–water partition coefficient (Wildman–Crippen LogP) is 0.725. The lowest BCUT2D eigenvalue weighted by Crippen LogP contribution is -2.28. The minimum absolute atomic E-state index is 0.0631. The van der Waals surface area contributed by atoms with E-state index in [-0.39, 0.29) is 18.6 Å². The van der Waals surface area contributed by atoms with Gasteiger partial charge in [-0.15, -0.1) is 0 Å². The summed E-state index contributed by atoms with van der Waals surface area (Å²) in [5, 5.41) is 10.9. The van der Waals surface area contributed by atoms with Crippen LogP contribution in [0.4, 0.5) is 0 Å². The van der Waals surface area contributed by atoms with Crippen LogP contribution in [0, 0.1) is 6.92 Å². The lowest BCUT2D eigenvalue weighted by atomic mass is 10.1. The van der Waals surface area contributed by atoms with Crippen LogP contribution in [0.25, 0.3) is 5.65 Å². The van der Waals surface area contributed by atoms with Gasteiger partial charge in [0.2, 0.25) is 5.91 Å². The second kappa shape index (κ2) is 6.41. The SMILES string of the molecule is COCC(=O)NCc1cnc2cc(C)nn2c1[C@@H]1CCCN1. The lowest BCUT2D eigenvalue weighted by molar-refractivity contribution is -0.124. The summed E-state index contributed by atoms with van der Waals surface area (Å²) in [6.45, 7) is 3.45. The molecule has 2 aromatic rings. The van der Waals surface area contributed by atoms with Crippen molar-refractivity contribution >= 4 is 11.6 Å². The average molecular weight is 303 g/mol. The zero-order valence-corrected chi connectivity index (χ0v) is 12.9. The molecule has 3 heterocycles. The van der Waals surface area contributed by atoms with Gasteiger partial charge in [-0.05, 0) is 26.3 Å². The monoisotopic (exact) mass is 303 g/mol. The van der Waals surface area contributed by atoms with Gasteiger partial charge in [0.05, 0.1) is 17.4 Å². The molecule has 0 bridgehead atoms. The van der Waals surface area contributed by atoms with Gasteiger partial charge in [0.15, 0.2) is 5.65 Å². The minimum atomic E-state index is -0.135. The molecule has 22 heavy (non-hydrogen) atoms. The molecule has 3 rings (SSSR count). The Hall–Kier alpha value is -1.99. The predicted molar refractivity (Wildman–Crippen MR) is 81.4 cm³/mol. The van der Waals surface area contributed by atoms with Crippen molar-refractivity contribution in [1.82, 2.24) is 25.2 Å². The van der Waals surface area contributed by atoms with E-state index in [4.69, 9.17) is 4.74 Å². The summed E-state index contributed by atoms with van der Waals surface area (Å²) >= 11 is 0. The third-order valence-electron chi connectivity index (χ3n) is 3.86.